The first-order valence-corrected chi connectivity index (χ1v) is 6.10. The molecule has 0 aliphatic heterocycles. The van der Waals surface area contributed by atoms with Crippen LogP contribution in [0.15, 0.2) is 36.7 Å². The highest BCUT2D eigenvalue weighted by molar-refractivity contribution is 5.88. The zero-order valence-electron chi connectivity index (χ0n) is 11.1. The van der Waals surface area contributed by atoms with Crippen LogP contribution in [0, 0.1) is 0 Å². The van der Waals surface area contributed by atoms with Gasteiger partial charge in [-0.1, -0.05) is 18.2 Å². The summed E-state index contributed by atoms with van der Waals surface area (Å²) in [5, 5.41) is 8.85. The molecule has 114 valence electrons. The van der Waals surface area contributed by atoms with E-state index in [0.717, 1.165) is 6.07 Å². The van der Waals surface area contributed by atoms with Crippen molar-refractivity contribution >= 4 is 23.8 Å². The largest absolute Gasteiger partial charge is 0.478 e. The van der Waals surface area contributed by atoms with Crippen LogP contribution in [0.2, 0.25) is 0 Å². The normalized spacial score (nSPS) is 11.8. The minimum Gasteiger partial charge on any atom is -0.478 e. The molecule has 22 heavy (non-hydrogen) atoms. The number of nitrogens with zero attached hydrogens (tertiary/aromatic N) is 1. The van der Waals surface area contributed by atoms with Gasteiger partial charge in [-0.3, -0.25) is 4.98 Å². The number of carbonyl (C=O) groups is 1. The molecule has 1 aromatic heterocycles. The number of anilines is 1. The summed E-state index contributed by atoms with van der Waals surface area (Å²) in [6, 6.07) is 4.79. The summed E-state index contributed by atoms with van der Waals surface area (Å²) in [6.07, 6.45) is 1.22. The van der Waals surface area contributed by atoms with E-state index in [1.807, 2.05) is 0 Å². The van der Waals surface area contributed by atoms with E-state index in [4.69, 9.17) is 10.8 Å². The molecule has 7 heteroatoms. The highest BCUT2D eigenvalue weighted by atomic mass is 19.4. The van der Waals surface area contributed by atoms with Gasteiger partial charge in [-0.15, -0.1) is 0 Å². The van der Waals surface area contributed by atoms with Crippen LogP contribution in [-0.2, 0) is 6.18 Å². The van der Waals surface area contributed by atoms with Gasteiger partial charge in [0.05, 0.1) is 11.1 Å². The Kier molecular flexibility index (Phi) is 4.16. The van der Waals surface area contributed by atoms with Crippen molar-refractivity contribution in [1.29, 1.82) is 0 Å². The van der Waals surface area contributed by atoms with Crippen molar-refractivity contribution in [3.63, 3.8) is 0 Å². The Labute approximate surface area is 123 Å². The van der Waals surface area contributed by atoms with Crippen molar-refractivity contribution in [1.82, 2.24) is 4.98 Å². The summed E-state index contributed by atoms with van der Waals surface area (Å²) in [7, 11) is 0. The van der Waals surface area contributed by atoms with Crippen LogP contribution in [0.5, 0.6) is 0 Å². The first-order chi connectivity index (χ1) is 10.3. The maximum Gasteiger partial charge on any atom is 0.418 e. The molecular formula is C15H11F3N2O2. The molecule has 3 N–H and O–H groups in total. The minimum absolute atomic E-state index is 0.0223. The van der Waals surface area contributed by atoms with Gasteiger partial charge in [-0.25, -0.2) is 4.79 Å². The molecule has 2 aromatic rings. The molecule has 0 unspecified atom stereocenters. The average Bonchev–Trinajstić information content (AvgIpc) is 2.44. The number of hydrogen-bond donors (Lipinski definition) is 2. The molecule has 0 aliphatic rings. The number of alkyl halides is 3. The molecule has 0 radical (unpaired) electrons. The lowest BCUT2D eigenvalue weighted by Gasteiger charge is -2.10. The molecule has 1 heterocycles. The summed E-state index contributed by atoms with van der Waals surface area (Å²) >= 11 is 0. The number of rotatable bonds is 3. The highest BCUT2D eigenvalue weighted by Gasteiger charge is 2.32. The fourth-order valence-electron chi connectivity index (χ4n) is 1.80. The Morgan fingerprint density at radius 2 is 1.82 bits per heavy atom. The molecule has 0 fully saturated rings. The summed E-state index contributed by atoms with van der Waals surface area (Å²) in [4.78, 5) is 14.6. The van der Waals surface area contributed by atoms with Crippen molar-refractivity contribution in [2.24, 2.45) is 0 Å². The first kappa shape index (κ1) is 15.6. The van der Waals surface area contributed by atoms with E-state index >= 15 is 0 Å². The number of pyridine rings is 1. The molecule has 4 nitrogen and oxygen atoms in total. The van der Waals surface area contributed by atoms with Crippen LogP contribution < -0.4 is 5.73 Å². The van der Waals surface area contributed by atoms with Crippen molar-refractivity contribution in [2.45, 2.75) is 6.18 Å². The smallest absolute Gasteiger partial charge is 0.418 e. The number of halogens is 3. The first-order valence-electron chi connectivity index (χ1n) is 6.10. The van der Waals surface area contributed by atoms with Crippen LogP contribution in [0.1, 0.15) is 27.0 Å². The minimum atomic E-state index is -4.49. The predicted octanol–water partition coefficient (Wildman–Crippen LogP) is 3.55. The number of nitrogens with two attached hydrogens (primary N) is 1. The molecule has 0 saturated carbocycles. The number of hydrogen-bond acceptors (Lipinski definition) is 3. The third-order valence-electron chi connectivity index (χ3n) is 2.86. The lowest BCUT2D eigenvalue weighted by atomic mass is 10.1. The van der Waals surface area contributed by atoms with Gasteiger partial charge in [0.25, 0.3) is 0 Å². The molecule has 0 aliphatic carbocycles. The van der Waals surface area contributed by atoms with Crippen molar-refractivity contribution in [3.8, 4) is 0 Å². The van der Waals surface area contributed by atoms with E-state index in [1.54, 1.807) is 6.08 Å². The second-order valence-electron chi connectivity index (χ2n) is 4.49. The lowest BCUT2D eigenvalue weighted by Crippen LogP contribution is -2.08. The lowest BCUT2D eigenvalue weighted by molar-refractivity contribution is -0.136. The van der Waals surface area contributed by atoms with E-state index in [2.05, 4.69) is 4.98 Å². The Morgan fingerprint density at radius 3 is 2.41 bits per heavy atom. The molecule has 0 spiro atoms. The van der Waals surface area contributed by atoms with Crippen LogP contribution >= 0.6 is 0 Å². The standard InChI is InChI=1S/C15H11F3N2O2/c16-15(17,18)12-4-3-9(6-13(12)19)1-2-10-5-11(14(21)22)8-20-7-10/h1-8H,19H2,(H,21,22). The average molecular weight is 308 g/mol. The van der Waals surface area contributed by atoms with Gasteiger partial charge in [0.15, 0.2) is 0 Å². The van der Waals surface area contributed by atoms with Gasteiger partial charge >= 0.3 is 12.1 Å². The molecular weight excluding hydrogens is 297 g/mol. The Morgan fingerprint density at radius 1 is 1.14 bits per heavy atom. The van der Waals surface area contributed by atoms with Crippen LogP contribution in [0.3, 0.4) is 0 Å². The summed E-state index contributed by atoms with van der Waals surface area (Å²) in [5.41, 5.74) is 5.14. The molecule has 0 atom stereocenters. The Bertz CT molecular complexity index is 740. The topological polar surface area (TPSA) is 76.2 Å². The number of carboxylic acids is 1. The molecule has 1 aromatic carbocycles. The van der Waals surface area contributed by atoms with E-state index in [0.29, 0.717) is 11.1 Å². The number of nitrogen functional groups attached to an aromatic ring is 1. The van der Waals surface area contributed by atoms with Crippen LogP contribution in [0.4, 0.5) is 18.9 Å². The summed E-state index contributed by atoms with van der Waals surface area (Å²) in [5.74, 6) is -1.11. The third kappa shape index (κ3) is 3.63. The number of aromatic carboxylic acids is 1. The SMILES string of the molecule is Nc1cc(C=Cc2cncc(C(=O)O)c2)ccc1C(F)(F)F. The molecule has 0 bridgehead atoms. The van der Waals surface area contributed by atoms with Gasteiger partial charge in [-0.05, 0) is 29.3 Å². The zero-order valence-corrected chi connectivity index (χ0v) is 11.1. The van der Waals surface area contributed by atoms with E-state index < -0.39 is 17.7 Å². The summed E-state index contributed by atoms with van der Waals surface area (Å²) < 4.78 is 37.8. The quantitative estimate of drug-likeness (QED) is 0.850. The maximum absolute atomic E-state index is 12.6. The Hall–Kier alpha value is -2.83. The van der Waals surface area contributed by atoms with E-state index in [9.17, 15) is 18.0 Å². The second-order valence-corrected chi connectivity index (χ2v) is 4.49. The van der Waals surface area contributed by atoms with Gasteiger partial charge in [-0.2, -0.15) is 13.2 Å². The number of carboxylic acid groups (broad SMARTS) is 1. The number of benzene rings is 1. The summed E-state index contributed by atoms with van der Waals surface area (Å²) in [6.45, 7) is 0. The van der Waals surface area contributed by atoms with Crippen molar-refractivity contribution in [3.05, 3.63) is 58.9 Å². The van der Waals surface area contributed by atoms with Gasteiger partial charge in [0.1, 0.15) is 0 Å². The fraction of sp³-hybridized carbons (Fsp3) is 0.0667. The monoisotopic (exact) mass is 308 g/mol. The van der Waals surface area contributed by atoms with Crippen LogP contribution in [-0.4, -0.2) is 16.1 Å². The highest BCUT2D eigenvalue weighted by Crippen LogP contribution is 2.34. The zero-order chi connectivity index (χ0) is 16.3. The van der Waals surface area contributed by atoms with Crippen molar-refractivity contribution in [2.75, 3.05) is 5.73 Å². The van der Waals surface area contributed by atoms with Gasteiger partial charge < -0.3 is 10.8 Å². The molecule has 2 rings (SSSR count). The predicted molar refractivity (Wildman–Crippen MR) is 76.0 cm³/mol. The van der Waals surface area contributed by atoms with Gasteiger partial charge in [0.2, 0.25) is 0 Å². The fourth-order valence-corrected chi connectivity index (χ4v) is 1.80. The second kappa shape index (κ2) is 5.88. The maximum atomic E-state index is 12.6. The molecule has 0 saturated heterocycles. The molecule has 0 amide bonds. The van der Waals surface area contributed by atoms with Gasteiger partial charge in [0, 0.05) is 18.1 Å². The van der Waals surface area contributed by atoms with Crippen molar-refractivity contribution < 1.29 is 23.1 Å². The Balaban J connectivity index is 2.26. The number of aromatic nitrogens is 1. The van der Waals surface area contributed by atoms with E-state index in [-0.39, 0.29) is 11.3 Å². The van der Waals surface area contributed by atoms with Crippen LogP contribution in [0.25, 0.3) is 12.2 Å². The van der Waals surface area contributed by atoms with E-state index in [1.165, 1.54) is 36.7 Å². The third-order valence-corrected chi connectivity index (χ3v) is 2.86.